The molecule has 10 heteroatoms. The second-order valence-electron chi connectivity index (χ2n) is 3.96. The van der Waals surface area contributed by atoms with Crippen LogP contribution in [0.5, 0.6) is 0 Å². The van der Waals surface area contributed by atoms with Gasteiger partial charge in [-0.3, -0.25) is 9.59 Å². The molecule has 0 saturated carbocycles. The van der Waals surface area contributed by atoms with Gasteiger partial charge in [0.25, 0.3) is 0 Å². The van der Waals surface area contributed by atoms with E-state index in [1.54, 1.807) is 6.92 Å². The first-order valence-electron chi connectivity index (χ1n) is 6.34. The van der Waals surface area contributed by atoms with Crippen molar-refractivity contribution in [3.8, 4) is 0 Å². The van der Waals surface area contributed by atoms with Gasteiger partial charge in [0.2, 0.25) is 11.8 Å². The van der Waals surface area contributed by atoms with Crippen LogP contribution in [0.25, 0.3) is 0 Å². The Kier molecular flexibility index (Phi) is 13.8. The number of rotatable bonds is 7. The number of carbonyl (C=O) groups is 4. The number of ether oxygens (including phenoxy) is 1. The highest BCUT2D eigenvalue weighted by Crippen LogP contribution is 1.92. The third-order valence-corrected chi connectivity index (χ3v) is 2.72. The Morgan fingerprint density at radius 3 is 1.64 bits per heavy atom. The minimum absolute atomic E-state index is 0.106. The van der Waals surface area contributed by atoms with Gasteiger partial charge in [-0.2, -0.15) is 25.3 Å². The van der Waals surface area contributed by atoms with Crippen LogP contribution in [-0.4, -0.2) is 59.1 Å². The van der Waals surface area contributed by atoms with Gasteiger partial charge in [-0.25, -0.2) is 9.59 Å². The molecule has 0 aliphatic rings. The molecule has 0 unspecified atom stereocenters. The summed E-state index contributed by atoms with van der Waals surface area (Å²) in [6.45, 7) is 4.62. The van der Waals surface area contributed by atoms with Crippen LogP contribution in [0.15, 0.2) is 0 Å². The lowest BCUT2D eigenvalue weighted by atomic mass is 10.3. The predicted octanol–water partition coefficient (Wildman–Crippen LogP) is -0.510. The standard InChI is InChI=1S/C7H13NO3S.C5H9NO3S/c1-3-11-7(10)6(4-12)8-5(2)9;1-3(7)6-4(2-10)5(8)9/h6,12H,3-4H2,1-2H3,(H,8,9);4,10H,2H2,1H3,(H,6,7)(H,8,9)/t6-;4-/m00/s1. The van der Waals surface area contributed by atoms with E-state index < -0.39 is 24.0 Å². The maximum Gasteiger partial charge on any atom is 0.329 e. The first-order chi connectivity index (χ1) is 10.2. The summed E-state index contributed by atoms with van der Waals surface area (Å²) in [5.74, 6) is -1.77. The van der Waals surface area contributed by atoms with Crippen molar-refractivity contribution in [2.75, 3.05) is 18.1 Å². The van der Waals surface area contributed by atoms with Crippen molar-refractivity contribution in [1.82, 2.24) is 10.6 Å². The summed E-state index contributed by atoms with van der Waals surface area (Å²) in [5.41, 5.74) is 0. The van der Waals surface area contributed by atoms with E-state index in [4.69, 9.17) is 9.84 Å². The van der Waals surface area contributed by atoms with E-state index in [0.29, 0.717) is 6.61 Å². The normalized spacial score (nSPS) is 12.0. The Morgan fingerprint density at radius 1 is 1.00 bits per heavy atom. The van der Waals surface area contributed by atoms with Gasteiger partial charge in [0, 0.05) is 25.4 Å². The van der Waals surface area contributed by atoms with E-state index in [-0.39, 0.29) is 23.3 Å². The maximum atomic E-state index is 11.0. The number of carboxylic acids is 1. The molecule has 2 atom stereocenters. The molecule has 0 spiro atoms. The van der Waals surface area contributed by atoms with Crippen LogP contribution in [0, 0.1) is 0 Å². The maximum absolute atomic E-state index is 11.0. The summed E-state index contributed by atoms with van der Waals surface area (Å²) in [4.78, 5) is 42.1. The quantitative estimate of drug-likeness (QED) is 0.310. The number of hydrogen-bond acceptors (Lipinski definition) is 7. The monoisotopic (exact) mass is 354 g/mol. The molecule has 0 bridgehead atoms. The molecule has 8 nitrogen and oxygen atoms in total. The second-order valence-corrected chi connectivity index (χ2v) is 4.69. The summed E-state index contributed by atoms with van der Waals surface area (Å²) < 4.78 is 4.69. The number of nitrogens with one attached hydrogen (secondary N) is 2. The largest absolute Gasteiger partial charge is 0.480 e. The number of aliphatic carboxylic acids is 1. The number of hydrogen-bond donors (Lipinski definition) is 5. The van der Waals surface area contributed by atoms with Crippen molar-refractivity contribution < 1.29 is 29.0 Å². The Morgan fingerprint density at radius 2 is 1.41 bits per heavy atom. The van der Waals surface area contributed by atoms with Crippen LogP contribution in [0.3, 0.4) is 0 Å². The van der Waals surface area contributed by atoms with Crippen LogP contribution in [-0.2, 0) is 23.9 Å². The highest BCUT2D eigenvalue weighted by Gasteiger charge is 2.18. The minimum atomic E-state index is -1.06. The Labute approximate surface area is 140 Å². The molecule has 0 saturated heterocycles. The van der Waals surface area contributed by atoms with Gasteiger partial charge >= 0.3 is 11.9 Å². The number of thiol groups is 2. The molecule has 0 aromatic carbocycles. The smallest absolute Gasteiger partial charge is 0.329 e. The van der Waals surface area contributed by atoms with E-state index in [2.05, 4.69) is 35.9 Å². The Balaban J connectivity index is 0. The van der Waals surface area contributed by atoms with Gasteiger partial charge in [0.15, 0.2) is 0 Å². The molecular weight excluding hydrogens is 332 g/mol. The van der Waals surface area contributed by atoms with Gasteiger partial charge in [0.1, 0.15) is 12.1 Å². The molecule has 22 heavy (non-hydrogen) atoms. The minimum Gasteiger partial charge on any atom is -0.480 e. The van der Waals surface area contributed by atoms with E-state index in [0.717, 1.165) is 0 Å². The summed E-state index contributed by atoms with van der Waals surface area (Å²) in [5, 5.41) is 13.0. The van der Waals surface area contributed by atoms with Crippen molar-refractivity contribution in [2.45, 2.75) is 32.9 Å². The Bertz CT molecular complexity index is 392. The van der Waals surface area contributed by atoms with Gasteiger partial charge in [-0.05, 0) is 6.92 Å². The molecule has 0 radical (unpaired) electrons. The molecule has 0 fully saturated rings. The lowest BCUT2D eigenvalue weighted by Gasteiger charge is -2.12. The van der Waals surface area contributed by atoms with E-state index in [9.17, 15) is 19.2 Å². The van der Waals surface area contributed by atoms with Crippen molar-refractivity contribution in [3.63, 3.8) is 0 Å². The molecule has 3 N–H and O–H groups in total. The molecule has 0 rings (SSSR count). The lowest BCUT2D eigenvalue weighted by molar-refractivity contribution is -0.146. The third kappa shape index (κ3) is 12.3. The average molecular weight is 354 g/mol. The van der Waals surface area contributed by atoms with Crippen LogP contribution in [0.2, 0.25) is 0 Å². The molecule has 128 valence electrons. The average Bonchev–Trinajstić information content (AvgIpc) is 2.42. The van der Waals surface area contributed by atoms with Crippen molar-refractivity contribution in [1.29, 1.82) is 0 Å². The number of esters is 1. The van der Waals surface area contributed by atoms with Crippen molar-refractivity contribution >= 4 is 49.0 Å². The van der Waals surface area contributed by atoms with E-state index in [1.165, 1.54) is 13.8 Å². The van der Waals surface area contributed by atoms with Crippen LogP contribution in [0.4, 0.5) is 0 Å². The lowest BCUT2D eigenvalue weighted by Crippen LogP contribution is -2.42. The molecule has 0 aromatic rings. The number of carboxylic acid groups (broad SMARTS) is 1. The highest BCUT2D eigenvalue weighted by molar-refractivity contribution is 7.80. The molecular formula is C12H22N2O6S2. The number of amides is 2. The topological polar surface area (TPSA) is 122 Å². The van der Waals surface area contributed by atoms with Gasteiger partial charge in [-0.15, -0.1) is 0 Å². The van der Waals surface area contributed by atoms with Crippen LogP contribution in [0.1, 0.15) is 20.8 Å². The zero-order valence-corrected chi connectivity index (χ0v) is 14.4. The molecule has 0 aromatic heterocycles. The van der Waals surface area contributed by atoms with E-state index >= 15 is 0 Å². The molecule has 0 aliphatic carbocycles. The van der Waals surface area contributed by atoms with Crippen LogP contribution < -0.4 is 10.6 Å². The summed E-state index contributed by atoms with van der Waals surface area (Å²) in [7, 11) is 0. The highest BCUT2D eigenvalue weighted by atomic mass is 32.1. The first kappa shape index (κ1) is 22.9. The summed E-state index contributed by atoms with van der Waals surface area (Å²) in [6.07, 6.45) is 0. The zero-order valence-electron chi connectivity index (χ0n) is 12.7. The van der Waals surface area contributed by atoms with Crippen LogP contribution >= 0.6 is 25.3 Å². The predicted molar refractivity (Wildman–Crippen MR) is 87.2 cm³/mol. The summed E-state index contributed by atoms with van der Waals surface area (Å²) in [6, 6.07) is -1.51. The fraction of sp³-hybridized carbons (Fsp3) is 0.667. The Hall–Kier alpha value is -1.42. The number of carbonyl (C=O) groups excluding carboxylic acids is 3. The fourth-order valence-electron chi connectivity index (χ4n) is 1.10. The van der Waals surface area contributed by atoms with Crippen molar-refractivity contribution in [3.05, 3.63) is 0 Å². The SMILES string of the molecule is CC(=O)N[C@@H](CS)C(=O)O.CCOC(=O)[C@H](CS)NC(C)=O. The van der Waals surface area contributed by atoms with Gasteiger partial charge in [-0.1, -0.05) is 0 Å². The first-order valence-corrected chi connectivity index (χ1v) is 7.61. The fourth-order valence-corrected chi connectivity index (χ4v) is 1.59. The molecule has 2 amide bonds. The van der Waals surface area contributed by atoms with Gasteiger partial charge in [0.05, 0.1) is 6.61 Å². The van der Waals surface area contributed by atoms with Crippen molar-refractivity contribution in [2.24, 2.45) is 0 Å². The van der Waals surface area contributed by atoms with E-state index in [1.807, 2.05) is 0 Å². The van der Waals surface area contributed by atoms with Gasteiger partial charge < -0.3 is 20.5 Å². The zero-order chi connectivity index (χ0) is 17.7. The second kappa shape index (κ2) is 13.3. The summed E-state index contributed by atoms with van der Waals surface area (Å²) >= 11 is 7.64. The molecule has 0 aliphatic heterocycles. The third-order valence-electron chi connectivity index (χ3n) is 1.99. The molecule has 0 heterocycles.